The summed E-state index contributed by atoms with van der Waals surface area (Å²) in [5.41, 5.74) is 0.615. The summed E-state index contributed by atoms with van der Waals surface area (Å²) in [6, 6.07) is 4.47. The van der Waals surface area contributed by atoms with Crippen LogP contribution in [0.15, 0.2) is 18.2 Å². The van der Waals surface area contributed by atoms with Gasteiger partial charge in [0.1, 0.15) is 5.82 Å². The van der Waals surface area contributed by atoms with Crippen molar-refractivity contribution in [2.45, 2.75) is 13.8 Å². The molecule has 0 saturated carbocycles. The van der Waals surface area contributed by atoms with Gasteiger partial charge >= 0.3 is 0 Å². The third-order valence-corrected chi connectivity index (χ3v) is 1.95. The van der Waals surface area contributed by atoms with Crippen LogP contribution in [0.2, 0.25) is 0 Å². The topological polar surface area (TPSA) is 41.1 Å². The van der Waals surface area contributed by atoms with Crippen molar-refractivity contribution >= 4 is 11.6 Å². The molecular formula is C11H15FN2O. The van der Waals surface area contributed by atoms with Gasteiger partial charge in [-0.1, -0.05) is 6.07 Å². The molecule has 0 aliphatic carbocycles. The van der Waals surface area contributed by atoms with Crippen LogP contribution >= 0.6 is 0 Å². The van der Waals surface area contributed by atoms with Crippen molar-refractivity contribution in [2.75, 3.05) is 18.4 Å². The number of amides is 1. The normalized spacial score (nSPS) is 9.80. The Bertz CT molecular complexity index is 352. The monoisotopic (exact) mass is 210 g/mol. The van der Waals surface area contributed by atoms with E-state index in [1.54, 1.807) is 6.07 Å². The molecule has 0 unspecified atom stereocenters. The molecule has 0 fully saturated rings. The predicted molar refractivity (Wildman–Crippen MR) is 58.6 cm³/mol. The van der Waals surface area contributed by atoms with Gasteiger partial charge in [-0.05, 0) is 26.0 Å². The van der Waals surface area contributed by atoms with Crippen LogP contribution in [0.3, 0.4) is 0 Å². The van der Waals surface area contributed by atoms with Crippen LogP contribution in [0, 0.1) is 5.82 Å². The van der Waals surface area contributed by atoms with Gasteiger partial charge in [-0.2, -0.15) is 0 Å². The maximum Gasteiger partial charge on any atom is 0.253 e. The van der Waals surface area contributed by atoms with Gasteiger partial charge in [-0.25, -0.2) is 4.39 Å². The molecule has 15 heavy (non-hydrogen) atoms. The molecule has 4 heteroatoms. The van der Waals surface area contributed by atoms with E-state index in [0.29, 0.717) is 18.7 Å². The van der Waals surface area contributed by atoms with Gasteiger partial charge in [-0.3, -0.25) is 4.79 Å². The second kappa shape index (κ2) is 5.34. The summed E-state index contributed by atoms with van der Waals surface area (Å²) in [7, 11) is 0. The number of halogens is 1. The Morgan fingerprint density at radius 3 is 2.67 bits per heavy atom. The van der Waals surface area contributed by atoms with Gasteiger partial charge in [0.15, 0.2) is 0 Å². The van der Waals surface area contributed by atoms with Crippen LogP contribution in [0.5, 0.6) is 0 Å². The van der Waals surface area contributed by atoms with Crippen molar-refractivity contribution in [3.63, 3.8) is 0 Å². The number of anilines is 1. The van der Waals surface area contributed by atoms with Crippen molar-refractivity contribution in [3.05, 3.63) is 29.6 Å². The molecule has 0 aromatic heterocycles. The maximum absolute atomic E-state index is 13.4. The van der Waals surface area contributed by atoms with Crippen LogP contribution < -0.4 is 10.6 Å². The lowest BCUT2D eigenvalue weighted by Gasteiger charge is -2.10. The first-order valence-corrected chi connectivity index (χ1v) is 5.01. The van der Waals surface area contributed by atoms with Gasteiger partial charge in [0, 0.05) is 13.1 Å². The number of hydrogen-bond donors (Lipinski definition) is 2. The van der Waals surface area contributed by atoms with E-state index in [1.807, 2.05) is 13.8 Å². The summed E-state index contributed by atoms with van der Waals surface area (Å²) in [4.78, 5) is 11.6. The third kappa shape index (κ3) is 2.68. The Hall–Kier alpha value is -1.58. The molecule has 0 atom stereocenters. The molecule has 82 valence electrons. The van der Waals surface area contributed by atoms with E-state index in [-0.39, 0.29) is 11.6 Å². The predicted octanol–water partition coefficient (Wildman–Crippen LogP) is 2.01. The molecule has 3 nitrogen and oxygen atoms in total. The van der Waals surface area contributed by atoms with Crippen LogP contribution in [-0.2, 0) is 0 Å². The van der Waals surface area contributed by atoms with Gasteiger partial charge < -0.3 is 10.6 Å². The SMILES string of the molecule is CCNC(=O)c1cccc(F)c1NCC. The molecule has 0 heterocycles. The lowest BCUT2D eigenvalue weighted by atomic mass is 10.1. The van der Waals surface area contributed by atoms with E-state index < -0.39 is 5.82 Å². The smallest absolute Gasteiger partial charge is 0.253 e. The first-order chi connectivity index (χ1) is 7.20. The molecule has 1 aromatic carbocycles. The Labute approximate surface area is 88.7 Å². The summed E-state index contributed by atoms with van der Waals surface area (Å²) in [6.07, 6.45) is 0. The molecule has 1 amide bonds. The average Bonchev–Trinajstić information content (AvgIpc) is 2.21. The van der Waals surface area contributed by atoms with Crippen molar-refractivity contribution in [3.8, 4) is 0 Å². The van der Waals surface area contributed by atoms with Crippen molar-refractivity contribution in [1.82, 2.24) is 5.32 Å². The minimum Gasteiger partial charge on any atom is -0.382 e. The zero-order valence-electron chi connectivity index (χ0n) is 8.93. The first kappa shape index (κ1) is 11.5. The van der Waals surface area contributed by atoms with Crippen molar-refractivity contribution in [2.24, 2.45) is 0 Å². The first-order valence-electron chi connectivity index (χ1n) is 5.01. The van der Waals surface area contributed by atoms with Crippen LogP contribution in [0.1, 0.15) is 24.2 Å². The Morgan fingerprint density at radius 2 is 2.07 bits per heavy atom. The van der Waals surface area contributed by atoms with Gasteiger partial charge in [0.25, 0.3) is 5.91 Å². The highest BCUT2D eigenvalue weighted by atomic mass is 19.1. The Kier molecular flexibility index (Phi) is 4.09. The summed E-state index contributed by atoms with van der Waals surface area (Å²) in [5, 5.41) is 5.49. The number of carbonyl (C=O) groups is 1. The molecule has 1 rings (SSSR count). The minimum absolute atomic E-state index is 0.257. The van der Waals surface area contributed by atoms with E-state index in [1.165, 1.54) is 12.1 Å². The summed E-state index contributed by atoms with van der Waals surface area (Å²) < 4.78 is 13.4. The molecule has 0 aliphatic rings. The number of nitrogens with one attached hydrogen (secondary N) is 2. The highest BCUT2D eigenvalue weighted by Gasteiger charge is 2.13. The molecule has 0 bridgehead atoms. The fourth-order valence-corrected chi connectivity index (χ4v) is 1.33. The summed E-state index contributed by atoms with van der Waals surface area (Å²) in [5.74, 6) is -0.659. The van der Waals surface area contributed by atoms with E-state index in [0.717, 1.165) is 0 Å². The second-order valence-corrected chi connectivity index (χ2v) is 3.05. The minimum atomic E-state index is -0.402. The number of carbonyl (C=O) groups excluding carboxylic acids is 1. The molecule has 0 radical (unpaired) electrons. The average molecular weight is 210 g/mol. The highest BCUT2D eigenvalue weighted by Crippen LogP contribution is 2.19. The van der Waals surface area contributed by atoms with E-state index in [9.17, 15) is 9.18 Å². The quantitative estimate of drug-likeness (QED) is 0.798. The van der Waals surface area contributed by atoms with Crippen LogP contribution in [0.25, 0.3) is 0 Å². The largest absolute Gasteiger partial charge is 0.382 e. The number of rotatable bonds is 4. The Morgan fingerprint density at radius 1 is 1.33 bits per heavy atom. The molecule has 0 saturated heterocycles. The lowest BCUT2D eigenvalue weighted by Crippen LogP contribution is -2.24. The van der Waals surface area contributed by atoms with Crippen molar-refractivity contribution < 1.29 is 9.18 Å². The molecule has 0 aliphatic heterocycles. The molecule has 1 aromatic rings. The standard InChI is InChI=1S/C11H15FN2O/c1-3-13-10-8(11(15)14-4-2)6-5-7-9(10)12/h5-7,13H,3-4H2,1-2H3,(H,14,15). The molecular weight excluding hydrogens is 195 g/mol. The zero-order chi connectivity index (χ0) is 11.3. The summed E-state index contributed by atoms with van der Waals surface area (Å²) in [6.45, 7) is 4.78. The zero-order valence-corrected chi connectivity index (χ0v) is 8.93. The fourth-order valence-electron chi connectivity index (χ4n) is 1.33. The number of para-hydroxylation sites is 1. The maximum atomic E-state index is 13.4. The van der Waals surface area contributed by atoms with Crippen LogP contribution in [-0.4, -0.2) is 19.0 Å². The second-order valence-electron chi connectivity index (χ2n) is 3.05. The molecule has 0 spiro atoms. The third-order valence-electron chi connectivity index (χ3n) is 1.95. The highest BCUT2D eigenvalue weighted by molar-refractivity contribution is 5.99. The Balaban J connectivity index is 3.04. The van der Waals surface area contributed by atoms with Gasteiger partial charge in [0.2, 0.25) is 0 Å². The lowest BCUT2D eigenvalue weighted by molar-refractivity contribution is 0.0956. The summed E-state index contributed by atoms with van der Waals surface area (Å²) >= 11 is 0. The van der Waals surface area contributed by atoms with E-state index in [2.05, 4.69) is 10.6 Å². The van der Waals surface area contributed by atoms with Crippen molar-refractivity contribution in [1.29, 1.82) is 0 Å². The van der Waals surface area contributed by atoms with Crippen LogP contribution in [0.4, 0.5) is 10.1 Å². The molecule has 2 N–H and O–H groups in total. The van der Waals surface area contributed by atoms with Gasteiger partial charge in [0.05, 0.1) is 11.3 Å². The van der Waals surface area contributed by atoms with E-state index >= 15 is 0 Å². The fraction of sp³-hybridized carbons (Fsp3) is 0.364. The van der Waals surface area contributed by atoms with Gasteiger partial charge in [-0.15, -0.1) is 0 Å². The van der Waals surface area contributed by atoms with E-state index in [4.69, 9.17) is 0 Å². The number of benzene rings is 1. The number of hydrogen-bond acceptors (Lipinski definition) is 2.